The lowest BCUT2D eigenvalue weighted by atomic mass is 10.1. The zero-order valence-corrected chi connectivity index (χ0v) is 11.7. The number of benzene rings is 1. The van der Waals surface area contributed by atoms with Gasteiger partial charge in [-0.3, -0.25) is 4.90 Å². The number of alkyl halides is 3. The molecule has 2 rings (SSSR count). The molecule has 5 heteroatoms. The Labute approximate surface area is 113 Å². The number of hydrogen-bond acceptors (Lipinski definition) is 1. The van der Waals surface area contributed by atoms with Gasteiger partial charge in [-0.2, -0.15) is 13.2 Å². The second kappa shape index (κ2) is 5.21. The Bertz CT molecular complexity index is 431. The van der Waals surface area contributed by atoms with Gasteiger partial charge < -0.3 is 0 Å². The number of halogens is 4. The maximum Gasteiger partial charge on any atom is 0.416 e. The molecule has 100 valence electrons. The van der Waals surface area contributed by atoms with E-state index in [0.717, 1.165) is 30.7 Å². The van der Waals surface area contributed by atoms with Crippen LogP contribution in [0.25, 0.3) is 0 Å². The quantitative estimate of drug-likeness (QED) is 0.777. The van der Waals surface area contributed by atoms with Crippen molar-refractivity contribution in [2.24, 2.45) is 0 Å². The summed E-state index contributed by atoms with van der Waals surface area (Å²) in [6.07, 6.45) is -1.94. The molecule has 0 radical (unpaired) electrons. The van der Waals surface area contributed by atoms with Crippen molar-refractivity contribution in [3.8, 4) is 0 Å². The molecule has 1 saturated heterocycles. The summed E-state index contributed by atoms with van der Waals surface area (Å²) in [6, 6.07) is 4.40. The molecule has 1 aromatic carbocycles. The molecule has 1 atom stereocenters. The summed E-state index contributed by atoms with van der Waals surface area (Å²) >= 11 is 3.24. The first-order valence-corrected chi connectivity index (χ1v) is 6.77. The molecule has 0 unspecified atom stereocenters. The SMILES string of the molecule is C[C@H]1CCCN1Cc1ccc(C(F)(F)F)cc1Br. The minimum absolute atomic E-state index is 0.513. The molecule has 1 aliphatic rings. The fourth-order valence-corrected chi connectivity index (χ4v) is 2.80. The highest BCUT2D eigenvalue weighted by Gasteiger charge is 2.31. The molecule has 0 spiro atoms. The first-order chi connectivity index (χ1) is 8.38. The Morgan fingerprint density at radius 1 is 1.39 bits per heavy atom. The highest BCUT2D eigenvalue weighted by molar-refractivity contribution is 9.10. The van der Waals surface area contributed by atoms with E-state index in [9.17, 15) is 13.2 Å². The predicted molar refractivity (Wildman–Crippen MR) is 68.3 cm³/mol. The van der Waals surface area contributed by atoms with Crippen LogP contribution in [0.4, 0.5) is 13.2 Å². The third kappa shape index (κ3) is 3.06. The van der Waals surface area contributed by atoms with E-state index in [4.69, 9.17) is 0 Å². The third-order valence-electron chi connectivity index (χ3n) is 3.44. The normalized spacial score (nSPS) is 21.5. The molecule has 0 N–H and O–H groups in total. The van der Waals surface area contributed by atoms with Gasteiger partial charge in [-0.25, -0.2) is 0 Å². The zero-order valence-electron chi connectivity index (χ0n) is 10.1. The lowest BCUT2D eigenvalue weighted by Gasteiger charge is -2.22. The van der Waals surface area contributed by atoms with Crippen molar-refractivity contribution in [1.82, 2.24) is 4.90 Å². The molecule has 1 aromatic rings. The van der Waals surface area contributed by atoms with Gasteiger partial charge in [-0.15, -0.1) is 0 Å². The van der Waals surface area contributed by atoms with Crippen molar-refractivity contribution < 1.29 is 13.2 Å². The molecule has 1 heterocycles. The summed E-state index contributed by atoms with van der Waals surface area (Å²) in [7, 11) is 0. The molecular formula is C13H15BrF3N. The predicted octanol–water partition coefficient (Wildman–Crippen LogP) is 4.45. The van der Waals surface area contributed by atoms with Crippen molar-refractivity contribution in [2.75, 3.05) is 6.54 Å². The Hall–Kier alpha value is -0.550. The lowest BCUT2D eigenvalue weighted by molar-refractivity contribution is -0.137. The van der Waals surface area contributed by atoms with Crippen LogP contribution in [0.3, 0.4) is 0 Å². The van der Waals surface area contributed by atoms with E-state index in [-0.39, 0.29) is 0 Å². The smallest absolute Gasteiger partial charge is 0.296 e. The highest BCUT2D eigenvalue weighted by Crippen LogP contribution is 2.33. The van der Waals surface area contributed by atoms with Gasteiger partial charge in [0, 0.05) is 17.1 Å². The summed E-state index contributed by atoms with van der Waals surface area (Å²) in [6.45, 7) is 3.89. The van der Waals surface area contributed by atoms with Crippen molar-refractivity contribution in [2.45, 2.75) is 38.5 Å². The Kier molecular flexibility index (Phi) is 4.02. The van der Waals surface area contributed by atoms with E-state index in [1.165, 1.54) is 6.42 Å². The lowest BCUT2D eigenvalue weighted by Crippen LogP contribution is -2.26. The van der Waals surface area contributed by atoms with E-state index >= 15 is 0 Å². The van der Waals surface area contributed by atoms with Gasteiger partial charge in [-0.1, -0.05) is 22.0 Å². The van der Waals surface area contributed by atoms with E-state index in [1.54, 1.807) is 6.07 Å². The van der Waals surface area contributed by atoms with Crippen molar-refractivity contribution in [3.63, 3.8) is 0 Å². The van der Waals surface area contributed by atoms with E-state index in [0.29, 0.717) is 17.1 Å². The van der Waals surface area contributed by atoms with Crippen LogP contribution in [-0.4, -0.2) is 17.5 Å². The maximum absolute atomic E-state index is 12.5. The number of rotatable bonds is 2. The topological polar surface area (TPSA) is 3.24 Å². The summed E-state index contributed by atoms with van der Waals surface area (Å²) in [4.78, 5) is 2.30. The molecule has 0 aromatic heterocycles. The fraction of sp³-hybridized carbons (Fsp3) is 0.538. The summed E-state index contributed by atoms with van der Waals surface area (Å²) in [5.41, 5.74) is 0.310. The number of nitrogens with zero attached hydrogens (tertiary/aromatic N) is 1. The van der Waals surface area contributed by atoms with Crippen molar-refractivity contribution in [1.29, 1.82) is 0 Å². The second-order valence-corrected chi connectivity index (χ2v) is 5.62. The Balaban J connectivity index is 2.15. The van der Waals surface area contributed by atoms with Crippen molar-refractivity contribution >= 4 is 15.9 Å². The van der Waals surface area contributed by atoms with Crippen LogP contribution in [0.15, 0.2) is 22.7 Å². The number of likely N-dealkylation sites (tertiary alicyclic amines) is 1. The minimum Gasteiger partial charge on any atom is -0.296 e. The molecule has 0 amide bonds. The average Bonchev–Trinajstić information content (AvgIpc) is 2.66. The average molecular weight is 322 g/mol. The molecular weight excluding hydrogens is 307 g/mol. The molecule has 1 aliphatic heterocycles. The standard InChI is InChI=1S/C13H15BrF3N/c1-9-3-2-6-18(9)8-10-4-5-11(7-12(10)14)13(15,16)17/h4-5,7,9H,2-3,6,8H2,1H3/t9-/m0/s1. The maximum atomic E-state index is 12.5. The summed E-state index contributed by atoms with van der Waals surface area (Å²) in [5.74, 6) is 0. The molecule has 0 saturated carbocycles. The van der Waals surface area contributed by atoms with Crippen LogP contribution >= 0.6 is 15.9 Å². The third-order valence-corrected chi connectivity index (χ3v) is 4.18. The number of hydrogen-bond donors (Lipinski definition) is 0. The zero-order chi connectivity index (χ0) is 13.3. The van der Waals surface area contributed by atoms with Gasteiger partial charge >= 0.3 is 6.18 Å². The van der Waals surface area contributed by atoms with Crippen LogP contribution in [0.1, 0.15) is 30.9 Å². The van der Waals surface area contributed by atoms with Crippen LogP contribution in [-0.2, 0) is 12.7 Å². The minimum atomic E-state index is -4.28. The summed E-state index contributed by atoms with van der Waals surface area (Å²) < 4.78 is 38.1. The van der Waals surface area contributed by atoms with Crippen LogP contribution in [0.5, 0.6) is 0 Å². The van der Waals surface area contributed by atoms with Gasteiger partial charge in [0.05, 0.1) is 5.56 Å². The fourth-order valence-electron chi connectivity index (χ4n) is 2.30. The molecule has 0 bridgehead atoms. The molecule has 0 aliphatic carbocycles. The summed E-state index contributed by atoms with van der Waals surface area (Å²) in [5, 5.41) is 0. The first-order valence-electron chi connectivity index (χ1n) is 5.97. The van der Waals surface area contributed by atoms with Crippen LogP contribution in [0, 0.1) is 0 Å². The van der Waals surface area contributed by atoms with E-state index in [1.807, 2.05) is 0 Å². The van der Waals surface area contributed by atoms with Crippen LogP contribution < -0.4 is 0 Å². The Morgan fingerprint density at radius 2 is 2.11 bits per heavy atom. The van der Waals surface area contributed by atoms with E-state index < -0.39 is 11.7 Å². The van der Waals surface area contributed by atoms with Gasteiger partial charge in [0.1, 0.15) is 0 Å². The molecule has 1 fully saturated rings. The van der Waals surface area contributed by atoms with Gasteiger partial charge in [0.2, 0.25) is 0 Å². The van der Waals surface area contributed by atoms with Gasteiger partial charge in [0.15, 0.2) is 0 Å². The van der Waals surface area contributed by atoms with Gasteiger partial charge in [0.25, 0.3) is 0 Å². The van der Waals surface area contributed by atoms with Crippen LogP contribution in [0.2, 0.25) is 0 Å². The highest BCUT2D eigenvalue weighted by atomic mass is 79.9. The largest absolute Gasteiger partial charge is 0.416 e. The molecule has 18 heavy (non-hydrogen) atoms. The first kappa shape index (κ1) is 13.9. The second-order valence-electron chi connectivity index (χ2n) is 4.77. The van der Waals surface area contributed by atoms with Gasteiger partial charge in [-0.05, 0) is 44.0 Å². The van der Waals surface area contributed by atoms with E-state index in [2.05, 4.69) is 27.8 Å². The monoisotopic (exact) mass is 321 g/mol. The van der Waals surface area contributed by atoms with Crippen molar-refractivity contribution in [3.05, 3.63) is 33.8 Å². The molecule has 1 nitrogen and oxygen atoms in total. The Morgan fingerprint density at radius 3 is 2.61 bits per heavy atom.